The Balaban J connectivity index is 0.000000152. The molecule has 18 nitrogen and oxygen atoms in total. The van der Waals surface area contributed by atoms with Crippen LogP contribution >= 0.6 is 0 Å². The minimum atomic E-state index is -0.717. The number of rotatable bonds is 10. The van der Waals surface area contributed by atoms with Gasteiger partial charge in [-0.1, -0.05) is 48.5 Å². The number of aryl methyl sites for hydroxylation is 2. The predicted octanol–water partition coefficient (Wildman–Crippen LogP) is 9.29. The van der Waals surface area contributed by atoms with Gasteiger partial charge in [0.25, 0.3) is 11.4 Å². The van der Waals surface area contributed by atoms with Gasteiger partial charge in [-0.2, -0.15) is 10.2 Å². The van der Waals surface area contributed by atoms with Gasteiger partial charge in [0.1, 0.15) is 25.6 Å². The average molecular weight is 947 g/mol. The van der Waals surface area contributed by atoms with E-state index >= 15 is 0 Å². The summed E-state index contributed by atoms with van der Waals surface area (Å²) in [6, 6.07) is 29.8. The molecule has 8 aromatic rings. The largest absolute Gasteiger partial charge is 0.452 e. The van der Waals surface area contributed by atoms with Crippen molar-refractivity contribution in [2.75, 3.05) is 0 Å². The van der Waals surface area contributed by atoms with Crippen molar-refractivity contribution in [2.24, 2.45) is 11.8 Å². The summed E-state index contributed by atoms with van der Waals surface area (Å²) < 4.78 is 46.7. The van der Waals surface area contributed by atoms with Gasteiger partial charge in [0.15, 0.2) is 0 Å². The number of hydrogen-bond acceptors (Lipinski definition) is 12. The van der Waals surface area contributed by atoms with E-state index in [1.54, 1.807) is 34.2 Å². The lowest BCUT2D eigenvalue weighted by Crippen LogP contribution is -2.34. The summed E-state index contributed by atoms with van der Waals surface area (Å²) in [4.78, 5) is 55.9. The molecule has 0 spiro atoms. The van der Waals surface area contributed by atoms with Gasteiger partial charge < -0.3 is 18.6 Å². The van der Waals surface area contributed by atoms with Crippen molar-refractivity contribution in [3.05, 3.63) is 200 Å². The normalized spacial score (nSPS) is 20.1. The fourth-order valence-electron chi connectivity index (χ4n) is 10.6. The molecular formula is C50H40F2N10O8. The number of halogens is 2. The number of nitro benzene ring substituents is 2. The van der Waals surface area contributed by atoms with Crippen molar-refractivity contribution in [3.8, 4) is 22.5 Å². The van der Waals surface area contributed by atoms with Crippen LogP contribution in [0.4, 0.5) is 20.2 Å². The maximum absolute atomic E-state index is 13.5. The van der Waals surface area contributed by atoms with Gasteiger partial charge in [-0.3, -0.25) is 29.6 Å². The molecule has 0 saturated heterocycles. The number of esters is 2. The molecule has 70 heavy (non-hydrogen) atoms. The van der Waals surface area contributed by atoms with Gasteiger partial charge in [-0.25, -0.2) is 28.3 Å². The van der Waals surface area contributed by atoms with Crippen LogP contribution in [0.5, 0.6) is 0 Å². The van der Waals surface area contributed by atoms with Crippen molar-refractivity contribution in [1.82, 2.24) is 38.7 Å². The molecule has 0 radical (unpaired) electrons. The maximum atomic E-state index is 13.5. The molecule has 8 heterocycles. The molecule has 0 fully saturated rings. The molecule has 0 aliphatic carbocycles. The number of imidazole rings is 2. The summed E-state index contributed by atoms with van der Waals surface area (Å²) in [6.07, 6.45) is 7.11. The van der Waals surface area contributed by atoms with Gasteiger partial charge in [-0.05, 0) is 60.4 Å². The van der Waals surface area contributed by atoms with E-state index in [2.05, 4.69) is 53.6 Å². The minimum Gasteiger partial charge on any atom is -0.452 e. The van der Waals surface area contributed by atoms with Gasteiger partial charge in [-0.15, -0.1) is 0 Å². The van der Waals surface area contributed by atoms with Crippen molar-refractivity contribution < 1.29 is 37.7 Å². The quantitative estimate of drug-likeness (QED) is 0.0713. The Morgan fingerprint density at radius 3 is 1.39 bits per heavy atom. The molecule has 4 aromatic carbocycles. The summed E-state index contributed by atoms with van der Waals surface area (Å²) in [6.45, 7) is -0.306. The predicted molar refractivity (Wildman–Crippen MR) is 244 cm³/mol. The first-order valence-electron chi connectivity index (χ1n) is 22.5. The van der Waals surface area contributed by atoms with Crippen molar-refractivity contribution in [1.29, 1.82) is 0 Å². The monoisotopic (exact) mass is 946 g/mol. The molecule has 0 N–H and O–H groups in total. The third kappa shape index (κ3) is 7.56. The number of hydrogen-bond donors (Lipinski definition) is 0. The highest BCUT2D eigenvalue weighted by Crippen LogP contribution is 2.52. The molecule has 0 bridgehead atoms. The Labute approximate surface area is 396 Å². The number of aromatic nitrogens is 8. The zero-order valence-corrected chi connectivity index (χ0v) is 36.9. The first-order valence-corrected chi connectivity index (χ1v) is 22.5. The summed E-state index contributed by atoms with van der Waals surface area (Å²) in [5, 5.41) is 30.6. The van der Waals surface area contributed by atoms with Gasteiger partial charge in [0.2, 0.25) is 0 Å². The highest BCUT2D eigenvalue weighted by molar-refractivity contribution is 5.90. The van der Waals surface area contributed by atoms with Gasteiger partial charge >= 0.3 is 11.9 Å². The SMILES string of the molecule is O=C(O[C@@H]1c2cc(CF)nn2CC[C@H]1[C@H]1c2ccccc2-c2cncn21)c1ccc([N+](=O)[O-])cc1.O=C(O[C@H]1c2cc(CF)nn2CC[C@@H]1[C@@H]1c2ccccc2-c2cncn21)c1ccc([N+](=O)[O-])cc1. The lowest BCUT2D eigenvalue weighted by Gasteiger charge is -2.36. The molecule has 0 amide bonds. The lowest BCUT2D eigenvalue weighted by molar-refractivity contribution is -0.385. The third-order valence-electron chi connectivity index (χ3n) is 13.7. The summed E-state index contributed by atoms with van der Waals surface area (Å²) >= 11 is 0. The number of alkyl halides is 2. The second-order valence-electron chi connectivity index (χ2n) is 17.4. The fraction of sp³-hybridized carbons (Fsp3) is 0.240. The highest BCUT2D eigenvalue weighted by atomic mass is 19.1. The van der Waals surface area contributed by atoms with Crippen LogP contribution in [0.2, 0.25) is 0 Å². The number of carbonyl (C=O) groups is 2. The third-order valence-corrected chi connectivity index (χ3v) is 13.7. The summed E-state index contributed by atoms with van der Waals surface area (Å²) in [7, 11) is 0. The molecule has 0 unspecified atom stereocenters. The van der Waals surface area contributed by atoms with Gasteiger partial charge in [0.05, 0.1) is 92.3 Å². The Morgan fingerprint density at radius 2 is 1.00 bits per heavy atom. The van der Waals surface area contributed by atoms with E-state index < -0.39 is 47.3 Å². The van der Waals surface area contributed by atoms with Crippen molar-refractivity contribution >= 4 is 23.3 Å². The van der Waals surface area contributed by atoms with E-state index in [0.29, 0.717) is 37.3 Å². The van der Waals surface area contributed by atoms with Crippen LogP contribution in [0.3, 0.4) is 0 Å². The number of fused-ring (bicyclic) bond motifs is 8. The van der Waals surface area contributed by atoms with E-state index in [9.17, 15) is 38.6 Å². The number of carbonyl (C=O) groups excluding carboxylic acids is 2. The van der Waals surface area contributed by atoms with Crippen molar-refractivity contribution in [2.45, 2.75) is 63.6 Å². The van der Waals surface area contributed by atoms with Crippen LogP contribution in [0.15, 0.2) is 134 Å². The molecule has 352 valence electrons. The Hall–Kier alpha value is -8.68. The minimum absolute atomic E-state index is 0.113. The maximum Gasteiger partial charge on any atom is 0.338 e. The van der Waals surface area contributed by atoms with Crippen molar-refractivity contribution in [3.63, 3.8) is 0 Å². The van der Waals surface area contributed by atoms with Crippen LogP contribution in [0.25, 0.3) is 22.5 Å². The number of nitro groups is 2. The number of nitrogens with zero attached hydrogens (tertiary/aromatic N) is 10. The van der Waals surface area contributed by atoms with Crippen LogP contribution in [0, 0.1) is 32.1 Å². The van der Waals surface area contributed by atoms with E-state index in [1.165, 1.54) is 48.5 Å². The first-order chi connectivity index (χ1) is 34.1. The first kappa shape index (κ1) is 43.9. The lowest BCUT2D eigenvalue weighted by atomic mass is 9.82. The zero-order valence-electron chi connectivity index (χ0n) is 36.9. The average Bonchev–Trinajstić information content (AvgIpc) is 4.26. The van der Waals surface area contributed by atoms with E-state index in [-0.39, 0.29) is 57.8 Å². The summed E-state index contributed by atoms with van der Waals surface area (Å²) in [5.41, 5.74) is 8.40. The molecule has 12 rings (SSSR count). The fourth-order valence-corrected chi connectivity index (χ4v) is 10.6. The Bertz CT molecular complexity index is 3110. The topological polar surface area (TPSA) is 210 Å². The van der Waals surface area contributed by atoms with Crippen LogP contribution < -0.4 is 0 Å². The number of benzene rings is 4. The second-order valence-corrected chi connectivity index (χ2v) is 17.4. The molecule has 4 aliphatic rings. The molecule has 6 atom stereocenters. The van der Waals surface area contributed by atoms with E-state index in [0.717, 1.165) is 33.6 Å². The van der Waals surface area contributed by atoms with Crippen LogP contribution in [0.1, 0.15) is 91.8 Å². The molecule has 0 saturated carbocycles. The van der Waals surface area contributed by atoms with E-state index in [1.807, 2.05) is 36.7 Å². The second kappa shape index (κ2) is 17.8. The molecular weight excluding hydrogens is 907 g/mol. The Kier molecular flexibility index (Phi) is 11.1. The van der Waals surface area contributed by atoms with E-state index in [4.69, 9.17) is 9.47 Å². The molecule has 4 aliphatic heterocycles. The number of ether oxygens (including phenoxy) is 2. The van der Waals surface area contributed by atoms with Crippen LogP contribution in [-0.2, 0) is 35.9 Å². The molecule has 20 heteroatoms. The summed E-state index contributed by atoms with van der Waals surface area (Å²) in [5.74, 6) is -1.54. The van der Waals surface area contributed by atoms with Crippen LogP contribution in [-0.4, -0.2) is 60.4 Å². The number of non-ortho nitro benzene ring substituents is 2. The zero-order chi connectivity index (χ0) is 48.2. The highest BCUT2D eigenvalue weighted by Gasteiger charge is 2.46. The standard InChI is InChI=1S/2C25H20FN5O4/c2*26-12-16-11-21-24(35-25(32)15-5-7-17(8-6-15)31(33)34)20(9-10-30(21)28-16)23-19-4-2-1-3-18(19)22-13-27-14-29(22)23/h2*1-8,11,13-14,20,23-24H,9-10,12H2/t2*20-,23+,24-/m10/s1. The Morgan fingerprint density at radius 1 is 0.600 bits per heavy atom. The smallest absolute Gasteiger partial charge is 0.338 e. The van der Waals surface area contributed by atoms with Gasteiger partial charge in [0, 0.05) is 60.3 Å². The molecule has 4 aromatic heterocycles.